The van der Waals surface area contributed by atoms with Gasteiger partial charge in [-0.05, 0) is 43.9 Å². The van der Waals surface area contributed by atoms with Crippen molar-refractivity contribution in [2.45, 2.75) is 64.3 Å². The molecule has 0 spiro atoms. The lowest BCUT2D eigenvalue weighted by molar-refractivity contribution is 0.226. The van der Waals surface area contributed by atoms with Crippen LogP contribution in [0, 0.1) is 11.8 Å². The van der Waals surface area contributed by atoms with Crippen LogP contribution in [-0.2, 0) is 18.4 Å². The van der Waals surface area contributed by atoms with Crippen molar-refractivity contribution in [3.63, 3.8) is 0 Å². The van der Waals surface area contributed by atoms with Crippen molar-refractivity contribution in [1.82, 2.24) is 14.8 Å². The molecule has 0 amide bonds. The van der Waals surface area contributed by atoms with Crippen molar-refractivity contribution in [3.8, 4) is 0 Å². The molecule has 0 bridgehead atoms. The maximum absolute atomic E-state index is 6.15. The first-order chi connectivity index (χ1) is 9.14. The van der Waals surface area contributed by atoms with Crippen molar-refractivity contribution in [1.29, 1.82) is 0 Å². The molecule has 1 aromatic rings. The van der Waals surface area contributed by atoms with Crippen LogP contribution in [0.1, 0.15) is 57.6 Å². The van der Waals surface area contributed by atoms with Gasteiger partial charge in [0.2, 0.25) is 0 Å². The molecule has 0 radical (unpaired) electrons. The molecule has 1 fully saturated rings. The number of rotatable bonds is 2. The van der Waals surface area contributed by atoms with Gasteiger partial charge in [0.25, 0.3) is 0 Å². The summed E-state index contributed by atoms with van der Waals surface area (Å²) in [5, 5.41) is 9.01. The molecule has 2 heterocycles. The first-order valence-corrected chi connectivity index (χ1v) is 7.77. The Kier molecular flexibility index (Phi) is 3.37. The second-order valence-corrected chi connectivity index (χ2v) is 6.86. The lowest BCUT2D eigenvalue weighted by atomic mass is 9.70. The van der Waals surface area contributed by atoms with Gasteiger partial charge in [-0.2, -0.15) is 0 Å². The Labute approximate surface area is 115 Å². The van der Waals surface area contributed by atoms with Gasteiger partial charge in [0, 0.05) is 24.9 Å². The Balaban J connectivity index is 1.92. The number of aromatic nitrogens is 3. The molecule has 1 aromatic heterocycles. The Bertz CT molecular complexity index is 443. The summed E-state index contributed by atoms with van der Waals surface area (Å²) in [5.41, 5.74) is 6.25. The number of nitrogens with zero attached hydrogens (tertiary/aromatic N) is 3. The van der Waals surface area contributed by atoms with E-state index in [-0.39, 0.29) is 5.41 Å². The van der Waals surface area contributed by atoms with Gasteiger partial charge in [0.15, 0.2) is 0 Å². The zero-order valence-electron chi connectivity index (χ0n) is 12.2. The van der Waals surface area contributed by atoms with Crippen LogP contribution >= 0.6 is 0 Å². The van der Waals surface area contributed by atoms with Crippen LogP contribution in [0.5, 0.6) is 0 Å². The zero-order chi connectivity index (χ0) is 13.5. The smallest absolute Gasteiger partial charge is 0.140 e. The van der Waals surface area contributed by atoms with E-state index in [1.807, 2.05) is 0 Å². The van der Waals surface area contributed by atoms with Crippen molar-refractivity contribution >= 4 is 0 Å². The van der Waals surface area contributed by atoms with Gasteiger partial charge in [-0.15, -0.1) is 10.2 Å². The highest BCUT2D eigenvalue weighted by Gasteiger charge is 2.40. The van der Waals surface area contributed by atoms with Crippen LogP contribution in [0.2, 0.25) is 0 Å². The molecule has 1 aliphatic carbocycles. The number of hydrogen-bond acceptors (Lipinski definition) is 3. The molecule has 4 heteroatoms. The van der Waals surface area contributed by atoms with Gasteiger partial charge in [-0.25, -0.2) is 0 Å². The minimum Gasteiger partial charge on any atom is -0.329 e. The molecule has 1 atom stereocenters. The topological polar surface area (TPSA) is 56.7 Å². The van der Waals surface area contributed by atoms with E-state index >= 15 is 0 Å². The van der Waals surface area contributed by atoms with Crippen LogP contribution in [0.3, 0.4) is 0 Å². The summed E-state index contributed by atoms with van der Waals surface area (Å²) in [6, 6.07) is 0. The van der Waals surface area contributed by atoms with E-state index in [2.05, 4.69) is 28.6 Å². The highest BCUT2D eigenvalue weighted by Crippen LogP contribution is 2.40. The lowest BCUT2D eigenvalue weighted by Gasteiger charge is -2.38. The molecule has 2 N–H and O–H groups in total. The van der Waals surface area contributed by atoms with Crippen LogP contribution in [0.4, 0.5) is 0 Å². The van der Waals surface area contributed by atoms with Crippen LogP contribution < -0.4 is 5.73 Å². The van der Waals surface area contributed by atoms with Gasteiger partial charge < -0.3 is 10.3 Å². The molecule has 1 saturated carbocycles. The quantitative estimate of drug-likeness (QED) is 0.889. The van der Waals surface area contributed by atoms with Gasteiger partial charge in [-0.3, -0.25) is 0 Å². The second kappa shape index (κ2) is 4.89. The predicted octanol–water partition coefficient (Wildman–Crippen LogP) is 2.27. The minimum absolute atomic E-state index is 0.0956. The summed E-state index contributed by atoms with van der Waals surface area (Å²) in [6.07, 6.45) is 7.22. The predicted molar refractivity (Wildman–Crippen MR) is 75.9 cm³/mol. The fraction of sp³-hybridized carbons (Fsp3) is 0.867. The number of hydrogen-bond donors (Lipinski definition) is 1. The molecule has 19 heavy (non-hydrogen) atoms. The van der Waals surface area contributed by atoms with E-state index in [0.717, 1.165) is 24.8 Å². The third kappa shape index (κ3) is 2.20. The second-order valence-electron chi connectivity index (χ2n) is 6.86. The fourth-order valence-corrected chi connectivity index (χ4v) is 3.71. The SMILES string of the molecule is CC1CCC(CN)(c2nnc3n2CCC(C)C3)CC1. The molecular weight excluding hydrogens is 236 g/mol. The number of fused-ring (bicyclic) bond motifs is 1. The molecular formula is C15H26N4. The molecule has 4 nitrogen and oxygen atoms in total. The molecule has 3 rings (SSSR count). The maximum Gasteiger partial charge on any atom is 0.140 e. The first kappa shape index (κ1) is 13.1. The molecule has 1 aliphatic heterocycles. The summed E-state index contributed by atoms with van der Waals surface area (Å²) in [6.45, 7) is 6.45. The average Bonchev–Trinajstić information content (AvgIpc) is 2.83. The Morgan fingerprint density at radius 3 is 2.58 bits per heavy atom. The van der Waals surface area contributed by atoms with Gasteiger partial charge in [0.05, 0.1) is 0 Å². The van der Waals surface area contributed by atoms with Gasteiger partial charge in [0.1, 0.15) is 11.6 Å². The summed E-state index contributed by atoms with van der Waals surface area (Å²) in [7, 11) is 0. The maximum atomic E-state index is 6.15. The van der Waals surface area contributed by atoms with Gasteiger partial charge in [-0.1, -0.05) is 13.8 Å². The monoisotopic (exact) mass is 262 g/mol. The van der Waals surface area contributed by atoms with Crippen molar-refractivity contribution < 1.29 is 0 Å². The summed E-state index contributed by atoms with van der Waals surface area (Å²) < 4.78 is 2.38. The van der Waals surface area contributed by atoms with Crippen molar-refractivity contribution in [2.24, 2.45) is 17.6 Å². The Morgan fingerprint density at radius 2 is 1.89 bits per heavy atom. The van der Waals surface area contributed by atoms with E-state index in [1.54, 1.807) is 0 Å². The fourth-order valence-electron chi connectivity index (χ4n) is 3.71. The Morgan fingerprint density at radius 1 is 1.16 bits per heavy atom. The highest BCUT2D eigenvalue weighted by molar-refractivity contribution is 5.15. The number of nitrogens with two attached hydrogens (primary N) is 1. The van der Waals surface area contributed by atoms with Crippen molar-refractivity contribution in [2.75, 3.05) is 6.54 Å². The molecule has 1 unspecified atom stereocenters. The van der Waals surface area contributed by atoms with E-state index in [9.17, 15) is 0 Å². The van der Waals surface area contributed by atoms with E-state index < -0.39 is 0 Å². The molecule has 106 valence electrons. The van der Waals surface area contributed by atoms with Crippen LogP contribution in [-0.4, -0.2) is 21.3 Å². The van der Waals surface area contributed by atoms with Crippen LogP contribution in [0.15, 0.2) is 0 Å². The molecule has 0 saturated heterocycles. The largest absolute Gasteiger partial charge is 0.329 e. The minimum atomic E-state index is 0.0956. The average molecular weight is 262 g/mol. The van der Waals surface area contributed by atoms with Crippen molar-refractivity contribution in [3.05, 3.63) is 11.6 Å². The highest BCUT2D eigenvalue weighted by atomic mass is 15.3. The normalized spacial score (nSPS) is 35.1. The van der Waals surface area contributed by atoms with E-state index in [1.165, 1.54) is 43.8 Å². The third-order valence-corrected chi connectivity index (χ3v) is 5.30. The first-order valence-electron chi connectivity index (χ1n) is 7.77. The van der Waals surface area contributed by atoms with Gasteiger partial charge >= 0.3 is 0 Å². The summed E-state index contributed by atoms with van der Waals surface area (Å²) >= 11 is 0. The molecule has 2 aliphatic rings. The summed E-state index contributed by atoms with van der Waals surface area (Å²) in [4.78, 5) is 0. The third-order valence-electron chi connectivity index (χ3n) is 5.30. The molecule has 0 aromatic carbocycles. The van der Waals surface area contributed by atoms with E-state index in [0.29, 0.717) is 6.54 Å². The standard InChI is InChI=1S/C15H26N4/c1-11-3-6-15(10-16,7-4-11)14-18-17-13-9-12(2)5-8-19(13)14/h11-12H,3-10,16H2,1-2H3. The lowest BCUT2D eigenvalue weighted by Crippen LogP contribution is -2.41. The van der Waals surface area contributed by atoms with E-state index in [4.69, 9.17) is 5.73 Å². The Hall–Kier alpha value is -0.900. The summed E-state index contributed by atoms with van der Waals surface area (Å²) in [5.74, 6) is 3.94. The zero-order valence-corrected chi connectivity index (χ0v) is 12.2. The van der Waals surface area contributed by atoms with Crippen LogP contribution in [0.25, 0.3) is 0 Å².